The minimum absolute atomic E-state index is 0. The highest BCUT2D eigenvalue weighted by Gasteiger charge is 1.97. The summed E-state index contributed by atoms with van der Waals surface area (Å²) in [5.74, 6) is 0. The Bertz CT molecular complexity index is 276. The van der Waals surface area contributed by atoms with Crippen LogP contribution in [0.5, 0.6) is 0 Å². The number of rotatable bonds is 15. The van der Waals surface area contributed by atoms with Crippen molar-refractivity contribution in [3.63, 3.8) is 0 Å². The van der Waals surface area contributed by atoms with Crippen molar-refractivity contribution in [3.05, 3.63) is 24.4 Å². The van der Waals surface area contributed by atoms with Crippen LogP contribution in [0.4, 0.5) is 0 Å². The maximum absolute atomic E-state index is 2.38. The Balaban J connectivity index is 0. The molecule has 0 aliphatic rings. The molecule has 0 aromatic carbocycles. The summed E-state index contributed by atoms with van der Waals surface area (Å²) >= 11 is 0. The van der Waals surface area contributed by atoms with E-state index < -0.39 is 0 Å². The number of allylic oxidation sites excluding steroid dienone is 3. The minimum atomic E-state index is 0. The minimum Gasteiger partial charge on any atom is -1.00 e. The van der Waals surface area contributed by atoms with E-state index >= 15 is 0 Å². The van der Waals surface area contributed by atoms with Crippen molar-refractivity contribution in [2.24, 2.45) is 0 Å². The molecular weight excluding hydrogens is 302 g/mol. The van der Waals surface area contributed by atoms with Gasteiger partial charge in [-0.25, -0.2) is 0 Å². The average Bonchev–Trinajstić information content (AvgIpc) is 2.45. The van der Waals surface area contributed by atoms with Gasteiger partial charge in [0.1, 0.15) is 0 Å². The zero-order valence-electron chi connectivity index (χ0n) is 16.3. The van der Waals surface area contributed by atoms with Gasteiger partial charge in [-0.2, -0.15) is 0 Å². The third-order valence-corrected chi connectivity index (χ3v) is 3.94. The second-order valence-corrected chi connectivity index (χ2v) is 7.52. The number of unbranched alkanes of at least 4 members (excludes halogenated alkanes) is 11. The number of nitrogens with zero attached hydrogens (tertiary/aromatic N) is 1. The molecule has 138 valence electrons. The van der Waals surface area contributed by atoms with Crippen molar-refractivity contribution in [1.29, 1.82) is 0 Å². The van der Waals surface area contributed by atoms with Gasteiger partial charge in [-0.05, 0) is 31.8 Å². The maximum Gasteiger partial charge on any atom is 0.0911 e. The number of halogens is 1. The highest BCUT2D eigenvalue weighted by atomic mass is 35.5. The Kier molecular flexibility index (Phi) is 19.6. The Morgan fingerprint density at radius 2 is 1.00 bits per heavy atom. The van der Waals surface area contributed by atoms with Crippen molar-refractivity contribution in [2.75, 3.05) is 21.1 Å². The Labute approximate surface area is 153 Å². The molecule has 0 heterocycles. The molecule has 0 amide bonds. The lowest BCUT2D eigenvalue weighted by Crippen LogP contribution is -3.00. The molecule has 0 atom stereocenters. The largest absolute Gasteiger partial charge is 1.00 e. The van der Waals surface area contributed by atoms with Gasteiger partial charge in [0, 0.05) is 0 Å². The van der Waals surface area contributed by atoms with Crippen LogP contribution in [0.1, 0.15) is 90.4 Å². The van der Waals surface area contributed by atoms with Gasteiger partial charge in [-0.3, -0.25) is 0 Å². The highest BCUT2D eigenvalue weighted by molar-refractivity contribution is 4.85. The Morgan fingerprint density at radius 3 is 1.52 bits per heavy atom. The summed E-state index contributed by atoms with van der Waals surface area (Å²) in [6, 6.07) is 0. The lowest BCUT2D eigenvalue weighted by atomic mass is 10.1. The first-order chi connectivity index (χ1) is 10.6. The van der Waals surface area contributed by atoms with E-state index in [2.05, 4.69) is 52.5 Å². The first kappa shape index (κ1) is 25.0. The summed E-state index contributed by atoms with van der Waals surface area (Å²) in [5.41, 5.74) is 0. The van der Waals surface area contributed by atoms with E-state index in [1.807, 2.05) is 0 Å². The van der Waals surface area contributed by atoms with E-state index in [1.165, 1.54) is 83.5 Å². The van der Waals surface area contributed by atoms with E-state index in [0.29, 0.717) is 0 Å². The number of quaternary nitrogens is 1. The zero-order valence-corrected chi connectivity index (χ0v) is 17.1. The molecule has 0 aliphatic heterocycles. The van der Waals surface area contributed by atoms with Gasteiger partial charge in [0.25, 0.3) is 0 Å². The van der Waals surface area contributed by atoms with Gasteiger partial charge in [-0.1, -0.05) is 76.9 Å². The van der Waals surface area contributed by atoms with Crippen molar-refractivity contribution in [1.82, 2.24) is 0 Å². The molecule has 0 N–H and O–H groups in total. The first-order valence-corrected chi connectivity index (χ1v) is 9.70. The molecule has 2 heteroatoms. The first-order valence-electron chi connectivity index (χ1n) is 9.70. The van der Waals surface area contributed by atoms with Gasteiger partial charge in [0.2, 0.25) is 0 Å². The van der Waals surface area contributed by atoms with Gasteiger partial charge in [-0.15, -0.1) is 0 Å². The third-order valence-electron chi connectivity index (χ3n) is 3.94. The van der Waals surface area contributed by atoms with Crippen LogP contribution in [0.2, 0.25) is 0 Å². The van der Waals surface area contributed by atoms with Gasteiger partial charge >= 0.3 is 0 Å². The fraction of sp³-hybridized carbons (Fsp3) is 0.810. The monoisotopic (exact) mass is 343 g/mol. The van der Waals surface area contributed by atoms with E-state index in [9.17, 15) is 0 Å². The molecule has 0 spiro atoms. The maximum atomic E-state index is 2.38. The fourth-order valence-corrected chi connectivity index (χ4v) is 2.57. The third kappa shape index (κ3) is 24.1. The van der Waals surface area contributed by atoms with Crippen molar-refractivity contribution >= 4 is 0 Å². The molecular formula is C21H42ClN. The smallest absolute Gasteiger partial charge is 0.0911 e. The second-order valence-electron chi connectivity index (χ2n) is 7.52. The summed E-state index contributed by atoms with van der Waals surface area (Å²) in [5, 5.41) is 0. The van der Waals surface area contributed by atoms with Crippen molar-refractivity contribution < 1.29 is 16.9 Å². The summed E-state index contributed by atoms with van der Waals surface area (Å²) < 4.78 is 0.919. The van der Waals surface area contributed by atoms with Crippen LogP contribution < -0.4 is 12.4 Å². The molecule has 0 saturated heterocycles. The average molecular weight is 344 g/mol. The standard InChI is InChI=1S/C21H42N.ClH/c1-5-6-7-8-9-10-11-12-13-14-15-16-17-18-19-20-21-22(2,3)4;/h16-17,20-21H,5-15,18-19H2,1-4H3;1H/q+1;/p-1. The SMILES string of the molecule is CCCCCCCCCCCCC=CCCC=C[N+](C)(C)C.[Cl-]. The quantitative estimate of drug-likeness (QED) is 0.240. The van der Waals surface area contributed by atoms with E-state index in [0.717, 1.165) is 4.48 Å². The summed E-state index contributed by atoms with van der Waals surface area (Å²) in [4.78, 5) is 0. The van der Waals surface area contributed by atoms with Crippen molar-refractivity contribution in [2.45, 2.75) is 90.4 Å². The number of hydrogen-bond donors (Lipinski definition) is 0. The predicted octanol–water partition coefficient (Wildman–Crippen LogP) is 3.86. The molecule has 0 saturated carbocycles. The molecule has 0 aromatic rings. The molecule has 1 nitrogen and oxygen atoms in total. The molecule has 0 radical (unpaired) electrons. The van der Waals surface area contributed by atoms with E-state index in [1.54, 1.807) is 0 Å². The van der Waals surface area contributed by atoms with Crippen LogP contribution in [0.3, 0.4) is 0 Å². The lowest BCUT2D eigenvalue weighted by Gasteiger charge is -2.17. The van der Waals surface area contributed by atoms with Crippen LogP contribution in [0.15, 0.2) is 24.4 Å². The Morgan fingerprint density at radius 1 is 0.565 bits per heavy atom. The lowest BCUT2D eigenvalue weighted by molar-refractivity contribution is -0.817. The van der Waals surface area contributed by atoms with Gasteiger partial charge in [0.05, 0.1) is 27.3 Å². The topological polar surface area (TPSA) is 0 Å². The Hall–Kier alpha value is -0.270. The zero-order chi connectivity index (χ0) is 16.5. The molecule has 0 aromatic heterocycles. The molecule has 0 aliphatic carbocycles. The normalized spacial score (nSPS) is 12.2. The molecule has 0 unspecified atom stereocenters. The molecule has 23 heavy (non-hydrogen) atoms. The van der Waals surface area contributed by atoms with E-state index in [-0.39, 0.29) is 12.4 Å². The summed E-state index contributed by atoms with van der Waals surface area (Å²) in [7, 11) is 6.58. The number of hydrogen-bond acceptors (Lipinski definition) is 0. The molecule has 0 rings (SSSR count). The summed E-state index contributed by atoms with van der Waals surface area (Å²) in [6.45, 7) is 2.29. The predicted molar refractivity (Wildman–Crippen MR) is 102 cm³/mol. The highest BCUT2D eigenvalue weighted by Crippen LogP contribution is 2.11. The molecule has 0 fully saturated rings. The van der Waals surface area contributed by atoms with Gasteiger partial charge < -0.3 is 16.9 Å². The van der Waals surface area contributed by atoms with Crippen LogP contribution in [0, 0.1) is 0 Å². The van der Waals surface area contributed by atoms with Crippen LogP contribution in [-0.4, -0.2) is 25.6 Å². The second kappa shape index (κ2) is 18.1. The van der Waals surface area contributed by atoms with E-state index in [4.69, 9.17) is 0 Å². The van der Waals surface area contributed by atoms with Crippen LogP contribution in [0.25, 0.3) is 0 Å². The van der Waals surface area contributed by atoms with Crippen molar-refractivity contribution in [3.8, 4) is 0 Å². The molecule has 0 bridgehead atoms. The fourth-order valence-electron chi connectivity index (χ4n) is 2.57. The van der Waals surface area contributed by atoms with Crippen LogP contribution >= 0.6 is 0 Å². The van der Waals surface area contributed by atoms with Gasteiger partial charge in [0.15, 0.2) is 0 Å². The summed E-state index contributed by atoms with van der Waals surface area (Å²) in [6.07, 6.45) is 27.2. The van der Waals surface area contributed by atoms with Crippen LogP contribution in [-0.2, 0) is 0 Å².